The van der Waals surface area contributed by atoms with E-state index in [1.54, 1.807) is 6.92 Å². The average Bonchev–Trinajstić information content (AvgIpc) is 2.73. The molecule has 3 N–H and O–H groups in total. The highest BCUT2D eigenvalue weighted by atomic mass is 16.4. The van der Waals surface area contributed by atoms with E-state index < -0.39 is 5.97 Å². The maximum atomic E-state index is 11.2. The highest BCUT2D eigenvalue weighted by Crippen LogP contribution is 2.23. The number of amides is 1. The van der Waals surface area contributed by atoms with Crippen LogP contribution in [0.2, 0.25) is 0 Å². The molecule has 0 saturated carbocycles. The zero-order chi connectivity index (χ0) is 13.8. The van der Waals surface area contributed by atoms with Gasteiger partial charge in [0, 0.05) is 12.2 Å². The van der Waals surface area contributed by atoms with Gasteiger partial charge in [0.05, 0.1) is 12.3 Å². The molecule has 1 amide bonds. The molecule has 0 aliphatic carbocycles. The largest absolute Gasteiger partial charge is 0.481 e. The Bertz CT molecular complexity index is 499. The topological polar surface area (TPSA) is 78.4 Å². The molecule has 5 nitrogen and oxygen atoms in total. The first-order chi connectivity index (χ1) is 9.06. The first kappa shape index (κ1) is 13.5. The molecule has 0 spiro atoms. The molecule has 102 valence electrons. The summed E-state index contributed by atoms with van der Waals surface area (Å²) in [5.74, 6) is -1.05. The van der Waals surface area contributed by atoms with Crippen LogP contribution in [-0.2, 0) is 22.6 Å². The second-order valence-electron chi connectivity index (χ2n) is 4.92. The number of carboxylic acids is 1. The summed E-state index contributed by atoms with van der Waals surface area (Å²) >= 11 is 0. The zero-order valence-corrected chi connectivity index (χ0v) is 10.9. The van der Waals surface area contributed by atoms with Crippen molar-refractivity contribution in [3.8, 4) is 0 Å². The number of carboxylic acid groups (broad SMARTS) is 1. The van der Waals surface area contributed by atoms with Crippen LogP contribution in [0.25, 0.3) is 0 Å². The van der Waals surface area contributed by atoms with Gasteiger partial charge in [-0.3, -0.25) is 9.59 Å². The zero-order valence-electron chi connectivity index (χ0n) is 10.9. The van der Waals surface area contributed by atoms with Crippen LogP contribution in [0.15, 0.2) is 18.2 Å². The quantitative estimate of drug-likeness (QED) is 0.677. The van der Waals surface area contributed by atoms with Crippen LogP contribution >= 0.6 is 0 Å². The van der Waals surface area contributed by atoms with E-state index >= 15 is 0 Å². The lowest BCUT2D eigenvalue weighted by atomic mass is 10.1. The van der Waals surface area contributed by atoms with Gasteiger partial charge in [0.1, 0.15) is 0 Å². The molecule has 2 rings (SSSR count). The number of rotatable bonds is 6. The minimum atomic E-state index is -0.760. The number of carbonyl (C=O) groups excluding carboxylic acids is 1. The standard InChI is InChI=1S/C14H18N2O3/c1-9(14(18)19)4-5-15-8-10-2-3-12-11(6-10)7-13(17)16-12/h2-3,6,9,15H,4-5,7-8H2,1H3,(H,16,17)(H,18,19). The first-order valence-corrected chi connectivity index (χ1v) is 6.41. The fourth-order valence-corrected chi connectivity index (χ4v) is 2.07. The summed E-state index contributed by atoms with van der Waals surface area (Å²) in [6.45, 7) is 3.06. The van der Waals surface area contributed by atoms with Gasteiger partial charge in [0.2, 0.25) is 5.91 Å². The first-order valence-electron chi connectivity index (χ1n) is 6.41. The van der Waals surface area contributed by atoms with E-state index in [9.17, 15) is 9.59 Å². The summed E-state index contributed by atoms with van der Waals surface area (Å²) in [4.78, 5) is 21.9. The van der Waals surface area contributed by atoms with E-state index in [1.165, 1.54) is 0 Å². The third-order valence-electron chi connectivity index (χ3n) is 3.30. The Balaban J connectivity index is 1.80. The van der Waals surface area contributed by atoms with E-state index in [2.05, 4.69) is 10.6 Å². The summed E-state index contributed by atoms with van der Waals surface area (Å²) in [7, 11) is 0. The molecule has 0 bridgehead atoms. The molecular formula is C14H18N2O3. The van der Waals surface area contributed by atoms with Crippen molar-refractivity contribution in [2.45, 2.75) is 26.3 Å². The minimum Gasteiger partial charge on any atom is -0.481 e. The normalized spacial score (nSPS) is 14.9. The van der Waals surface area contributed by atoms with E-state index in [1.807, 2.05) is 18.2 Å². The number of benzene rings is 1. The lowest BCUT2D eigenvalue weighted by molar-refractivity contribution is -0.141. The molecule has 0 radical (unpaired) electrons. The van der Waals surface area contributed by atoms with Gasteiger partial charge in [-0.1, -0.05) is 19.1 Å². The number of hydrogen-bond acceptors (Lipinski definition) is 3. The summed E-state index contributed by atoms with van der Waals surface area (Å²) in [5.41, 5.74) is 3.04. The minimum absolute atomic E-state index is 0.0374. The van der Waals surface area contributed by atoms with E-state index in [-0.39, 0.29) is 11.8 Å². The monoisotopic (exact) mass is 262 g/mol. The number of aliphatic carboxylic acids is 1. The Hall–Kier alpha value is -1.88. The third-order valence-corrected chi connectivity index (χ3v) is 3.30. The smallest absolute Gasteiger partial charge is 0.306 e. The Morgan fingerprint density at radius 3 is 3.05 bits per heavy atom. The number of nitrogens with one attached hydrogen (secondary N) is 2. The molecular weight excluding hydrogens is 244 g/mol. The van der Waals surface area contributed by atoms with Crippen molar-refractivity contribution < 1.29 is 14.7 Å². The molecule has 5 heteroatoms. The van der Waals surface area contributed by atoms with E-state index in [0.717, 1.165) is 16.8 Å². The van der Waals surface area contributed by atoms with Crippen LogP contribution in [0.4, 0.5) is 5.69 Å². The van der Waals surface area contributed by atoms with Crippen molar-refractivity contribution in [2.24, 2.45) is 5.92 Å². The van der Waals surface area contributed by atoms with Crippen molar-refractivity contribution in [1.29, 1.82) is 0 Å². The van der Waals surface area contributed by atoms with Crippen molar-refractivity contribution >= 4 is 17.6 Å². The van der Waals surface area contributed by atoms with Crippen LogP contribution in [0, 0.1) is 5.92 Å². The molecule has 0 fully saturated rings. The summed E-state index contributed by atoms with van der Waals surface area (Å²) in [6.07, 6.45) is 1.06. The number of carbonyl (C=O) groups is 2. The van der Waals surface area contributed by atoms with Gasteiger partial charge >= 0.3 is 5.97 Å². The average molecular weight is 262 g/mol. The maximum absolute atomic E-state index is 11.2. The molecule has 1 unspecified atom stereocenters. The number of anilines is 1. The van der Waals surface area contributed by atoms with Crippen LogP contribution in [0.3, 0.4) is 0 Å². The van der Waals surface area contributed by atoms with Gasteiger partial charge < -0.3 is 15.7 Å². The second kappa shape index (κ2) is 5.84. The lowest BCUT2D eigenvalue weighted by Crippen LogP contribution is -2.20. The predicted octanol–water partition coefficient (Wildman–Crippen LogP) is 1.38. The highest BCUT2D eigenvalue weighted by molar-refractivity contribution is 5.99. The number of hydrogen-bond donors (Lipinski definition) is 3. The number of fused-ring (bicyclic) bond motifs is 1. The SMILES string of the molecule is CC(CCNCc1ccc2c(c1)CC(=O)N2)C(=O)O. The summed E-state index contributed by atoms with van der Waals surface area (Å²) in [5, 5.41) is 14.8. The third kappa shape index (κ3) is 3.54. The van der Waals surface area contributed by atoms with E-state index in [0.29, 0.717) is 25.9 Å². The van der Waals surface area contributed by atoms with Gasteiger partial charge in [-0.25, -0.2) is 0 Å². The Labute approximate surface area is 112 Å². The van der Waals surface area contributed by atoms with Crippen LogP contribution in [-0.4, -0.2) is 23.5 Å². The van der Waals surface area contributed by atoms with Gasteiger partial charge in [0.25, 0.3) is 0 Å². The summed E-state index contributed by atoms with van der Waals surface area (Å²) in [6, 6.07) is 5.90. The second-order valence-corrected chi connectivity index (χ2v) is 4.92. The van der Waals surface area contributed by atoms with Gasteiger partial charge in [-0.05, 0) is 30.2 Å². The Morgan fingerprint density at radius 1 is 1.53 bits per heavy atom. The molecule has 1 aliphatic rings. The van der Waals surface area contributed by atoms with Gasteiger partial charge in [-0.15, -0.1) is 0 Å². The molecule has 1 aliphatic heterocycles. The Kier molecular flexibility index (Phi) is 4.16. The van der Waals surface area contributed by atoms with Crippen molar-refractivity contribution in [2.75, 3.05) is 11.9 Å². The van der Waals surface area contributed by atoms with Crippen molar-refractivity contribution in [1.82, 2.24) is 5.32 Å². The van der Waals surface area contributed by atoms with Crippen molar-refractivity contribution in [3.63, 3.8) is 0 Å². The van der Waals surface area contributed by atoms with E-state index in [4.69, 9.17) is 5.11 Å². The highest BCUT2D eigenvalue weighted by Gasteiger charge is 2.17. The molecule has 19 heavy (non-hydrogen) atoms. The molecule has 1 aromatic rings. The molecule has 0 aromatic heterocycles. The van der Waals surface area contributed by atoms with Gasteiger partial charge in [0.15, 0.2) is 0 Å². The molecule has 1 atom stereocenters. The fraction of sp³-hybridized carbons (Fsp3) is 0.429. The Morgan fingerprint density at radius 2 is 2.32 bits per heavy atom. The maximum Gasteiger partial charge on any atom is 0.306 e. The van der Waals surface area contributed by atoms with Crippen LogP contribution < -0.4 is 10.6 Å². The van der Waals surface area contributed by atoms with Crippen LogP contribution in [0.1, 0.15) is 24.5 Å². The predicted molar refractivity (Wildman–Crippen MR) is 71.9 cm³/mol. The lowest BCUT2D eigenvalue weighted by Gasteiger charge is -2.08. The van der Waals surface area contributed by atoms with Crippen LogP contribution in [0.5, 0.6) is 0 Å². The molecule has 0 saturated heterocycles. The molecule has 1 aromatic carbocycles. The van der Waals surface area contributed by atoms with Crippen molar-refractivity contribution in [3.05, 3.63) is 29.3 Å². The summed E-state index contributed by atoms with van der Waals surface area (Å²) < 4.78 is 0. The fourth-order valence-electron chi connectivity index (χ4n) is 2.07. The van der Waals surface area contributed by atoms with Gasteiger partial charge in [-0.2, -0.15) is 0 Å². The molecule has 1 heterocycles.